The highest BCUT2D eigenvalue weighted by Crippen LogP contribution is 2.32. The minimum Gasteiger partial charge on any atom is -0.497 e. The van der Waals surface area contributed by atoms with Gasteiger partial charge in [0.05, 0.1) is 19.7 Å². The van der Waals surface area contributed by atoms with Gasteiger partial charge in [0, 0.05) is 13.0 Å². The SMILES string of the molecule is COc1cccc(CC(=O)N2CCC[C@H]2c2ncc(Cc3ccc(F)cc3)o2)c1. The van der Waals surface area contributed by atoms with Gasteiger partial charge in [0.25, 0.3) is 0 Å². The predicted octanol–water partition coefficient (Wildman–Crippen LogP) is 4.32. The van der Waals surface area contributed by atoms with Crippen LogP contribution in [0.1, 0.15) is 41.7 Å². The second-order valence-electron chi connectivity index (χ2n) is 7.24. The molecule has 2 heterocycles. The van der Waals surface area contributed by atoms with Crippen LogP contribution in [0.25, 0.3) is 0 Å². The quantitative estimate of drug-likeness (QED) is 0.625. The fraction of sp³-hybridized carbons (Fsp3) is 0.304. The van der Waals surface area contributed by atoms with E-state index in [1.54, 1.807) is 25.4 Å². The summed E-state index contributed by atoms with van der Waals surface area (Å²) >= 11 is 0. The predicted molar refractivity (Wildman–Crippen MR) is 106 cm³/mol. The maximum absolute atomic E-state index is 13.1. The fourth-order valence-electron chi connectivity index (χ4n) is 3.74. The van der Waals surface area contributed by atoms with E-state index >= 15 is 0 Å². The molecule has 0 N–H and O–H groups in total. The third kappa shape index (κ3) is 4.47. The average Bonchev–Trinajstić information content (AvgIpc) is 3.39. The molecule has 1 aliphatic heterocycles. The average molecular weight is 394 g/mol. The second kappa shape index (κ2) is 8.47. The van der Waals surface area contributed by atoms with Crippen LogP contribution in [0.5, 0.6) is 5.75 Å². The molecule has 0 spiro atoms. The van der Waals surface area contributed by atoms with E-state index < -0.39 is 0 Å². The van der Waals surface area contributed by atoms with Gasteiger partial charge in [-0.25, -0.2) is 9.37 Å². The third-order valence-electron chi connectivity index (χ3n) is 5.21. The second-order valence-corrected chi connectivity index (χ2v) is 7.24. The molecule has 1 saturated heterocycles. The third-order valence-corrected chi connectivity index (χ3v) is 5.21. The molecule has 0 radical (unpaired) electrons. The fourth-order valence-corrected chi connectivity index (χ4v) is 3.74. The number of aromatic nitrogens is 1. The Bertz CT molecular complexity index is 984. The van der Waals surface area contributed by atoms with Gasteiger partial charge in [-0.15, -0.1) is 0 Å². The first-order valence-corrected chi connectivity index (χ1v) is 9.74. The topological polar surface area (TPSA) is 55.6 Å². The molecule has 0 bridgehead atoms. The number of rotatable bonds is 6. The van der Waals surface area contributed by atoms with Crippen molar-refractivity contribution in [1.29, 1.82) is 0 Å². The molecule has 1 amide bonds. The maximum Gasteiger partial charge on any atom is 0.227 e. The number of oxazole rings is 1. The van der Waals surface area contributed by atoms with Crippen LogP contribution in [0.15, 0.2) is 59.1 Å². The van der Waals surface area contributed by atoms with Gasteiger partial charge < -0.3 is 14.1 Å². The van der Waals surface area contributed by atoms with Crippen molar-refractivity contribution in [3.05, 3.63) is 83.3 Å². The molecule has 150 valence electrons. The molecule has 0 unspecified atom stereocenters. The number of ether oxygens (including phenoxy) is 1. The standard InChI is InChI=1S/C23H23FN2O3/c1-28-19-5-2-4-17(13-19)14-22(27)26-11-3-6-21(26)23-25-15-20(29-23)12-16-7-9-18(24)10-8-16/h2,4-5,7-10,13,15,21H,3,6,11-12,14H2,1H3/t21-/m0/s1. The van der Waals surface area contributed by atoms with Crippen molar-refractivity contribution in [2.24, 2.45) is 0 Å². The van der Waals surface area contributed by atoms with E-state index in [-0.39, 0.29) is 17.8 Å². The van der Waals surface area contributed by atoms with E-state index in [0.29, 0.717) is 31.0 Å². The summed E-state index contributed by atoms with van der Waals surface area (Å²) in [4.78, 5) is 19.2. The molecule has 1 fully saturated rings. The number of amides is 1. The smallest absolute Gasteiger partial charge is 0.227 e. The highest BCUT2D eigenvalue weighted by atomic mass is 19.1. The Kier molecular flexibility index (Phi) is 5.60. The van der Waals surface area contributed by atoms with Crippen molar-refractivity contribution in [2.45, 2.75) is 31.7 Å². The molecule has 0 saturated carbocycles. The number of methoxy groups -OCH3 is 1. The Morgan fingerprint density at radius 3 is 2.86 bits per heavy atom. The summed E-state index contributed by atoms with van der Waals surface area (Å²) in [5, 5.41) is 0. The minimum absolute atomic E-state index is 0.0547. The van der Waals surface area contributed by atoms with Crippen LogP contribution >= 0.6 is 0 Å². The lowest BCUT2D eigenvalue weighted by Crippen LogP contribution is -2.32. The Morgan fingerprint density at radius 1 is 1.24 bits per heavy atom. The number of carbonyl (C=O) groups excluding carboxylic acids is 1. The Balaban J connectivity index is 1.44. The summed E-state index contributed by atoms with van der Waals surface area (Å²) in [5.41, 5.74) is 1.87. The van der Waals surface area contributed by atoms with Crippen molar-refractivity contribution in [2.75, 3.05) is 13.7 Å². The van der Waals surface area contributed by atoms with Crippen LogP contribution in [-0.4, -0.2) is 29.4 Å². The molecule has 1 aliphatic rings. The molecule has 3 aromatic rings. The van der Waals surface area contributed by atoms with Gasteiger partial charge in [-0.3, -0.25) is 4.79 Å². The molecule has 5 nitrogen and oxygen atoms in total. The van der Waals surface area contributed by atoms with Gasteiger partial charge in [-0.05, 0) is 48.2 Å². The van der Waals surface area contributed by atoms with Crippen LogP contribution < -0.4 is 4.74 Å². The van der Waals surface area contributed by atoms with E-state index in [9.17, 15) is 9.18 Å². The van der Waals surface area contributed by atoms with E-state index in [2.05, 4.69) is 4.98 Å². The highest BCUT2D eigenvalue weighted by molar-refractivity contribution is 5.79. The summed E-state index contributed by atoms with van der Waals surface area (Å²) in [7, 11) is 1.61. The number of hydrogen-bond donors (Lipinski definition) is 0. The van der Waals surface area contributed by atoms with E-state index in [0.717, 1.165) is 29.7 Å². The lowest BCUT2D eigenvalue weighted by molar-refractivity contribution is -0.131. The maximum atomic E-state index is 13.1. The van der Waals surface area contributed by atoms with Gasteiger partial charge in [0.15, 0.2) is 0 Å². The molecule has 1 aromatic heterocycles. The van der Waals surface area contributed by atoms with Gasteiger partial charge in [-0.1, -0.05) is 24.3 Å². The summed E-state index contributed by atoms with van der Waals surface area (Å²) in [5.74, 6) is 1.81. The van der Waals surface area contributed by atoms with Crippen LogP contribution in [0.4, 0.5) is 4.39 Å². The number of halogens is 1. The molecule has 6 heteroatoms. The zero-order valence-corrected chi connectivity index (χ0v) is 16.3. The van der Waals surface area contributed by atoms with Crippen molar-refractivity contribution in [1.82, 2.24) is 9.88 Å². The van der Waals surface area contributed by atoms with Crippen molar-refractivity contribution < 1.29 is 18.3 Å². The number of hydrogen-bond acceptors (Lipinski definition) is 4. The van der Waals surface area contributed by atoms with Crippen molar-refractivity contribution in [3.63, 3.8) is 0 Å². The monoisotopic (exact) mass is 394 g/mol. The Hall–Kier alpha value is -3.15. The summed E-state index contributed by atoms with van der Waals surface area (Å²) in [6.07, 6.45) is 4.31. The first-order valence-electron chi connectivity index (χ1n) is 9.74. The number of nitrogens with zero attached hydrogens (tertiary/aromatic N) is 2. The molecule has 2 aromatic carbocycles. The molecular formula is C23H23FN2O3. The van der Waals surface area contributed by atoms with Crippen LogP contribution in [0.2, 0.25) is 0 Å². The number of likely N-dealkylation sites (tertiary alicyclic amines) is 1. The first kappa shape index (κ1) is 19.2. The Labute approximate surface area is 169 Å². The van der Waals surface area contributed by atoms with Gasteiger partial charge in [0.1, 0.15) is 23.4 Å². The normalized spacial score (nSPS) is 16.2. The lowest BCUT2D eigenvalue weighted by atomic mass is 10.1. The van der Waals surface area contributed by atoms with Crippen LogP contribution in [-0.2, 0) is 17.6 Å². The molecule has 0 aliphatic carbocycles. The molecular weight excluding hydrogens is 371 g/mol. The summed E-state index contributed by atoms with van der Waals surface area (Å²) in [6, 6.07) is 13.8. The van der Waals surface area contributed by atoms with E-state index in [1.807, 2.05) is 29.2 Å². The zero-order valence-electron chi connectivity index (χ0n) is 16.3. The van der Waals surface area contributed by atoms with Crippen LogP contribution in [0.3, 0.4) is 0 Å². The number of benzene rings is 2. The van der Waals surface area contributed by atoms with Gasteiger partial charge >= 0.3 is 0 Å². The Morgan fingerprint density at radius 2 is 2.07 bits per heavy atom. The highest BCUT2D eigenvalue weighted by Gasteiger charge is 2.33. The first-order chi connectivity index (χ1) is 14.1. The van der Waals surface area contributed by atoms with Crippen LogP contribution in [0, 0.1) is 5.82 Å². The largest absolute Gasteiger partial charge is 0.497 e. The number of carbonyl (C=O) groups is 1. The molecule has 1 atom stereocenters. The minimum atomic E-state index is -0.261. The van der Waals surface area contributed by atoms with Gasteiger partial charge in [-0.2, -0.15) is 0 Å². The van der Waals surface area contributed by atoms with Crippen molar-refractivity contribution >= 4 is 5.91 Å². The molecule has 4 rings (SSSR count). The summed E-state index contributed by atoms with van der Waals surface area (Å²) in [6.45, 7) is 0.698. The van der Waals surface area contributed by atoms with E-state index in [1.165, 1.54) is 12.1 Å². The molecule has 29 heavy (non-hydrogen) atoms. The van der Waals surface area contributed by atoms with E-state index in [4.69, 9.17) is 9.15 Å². The summed E-state index contributed by atoms with van der Waals surface area (Å²) < 4.78 is 24.3. The zero-order chi connectivity index (χ0) is 20.2. The lowest BCUT2D eigenvalue weighted by Gasteiger charge is -2.22. The van der Waals surface area contributed by atoms with Crippen molar-refractivity contribution in [3.8, 4) is 5.75 Å². The van der Waals surface area contributed by atoms with Gasteiger partial charge in [0.2, 0.25) is 11.8 Å².